The predicted octanol–water partition coefficient (Wildman–Crippen LogP) is 3.50. The Kier molecular flexibility index (Phi) is 5.42. The van der Waals surface area contributed by atoms with Gasteiger partial charge in [0.15, 0.2) is 16.7 Å². The highest BCUT2D eigenvalue weighted by atomic mass is 32.2. The number of aromatic nitrogens is 3. The number of hydrogen-bond donors (Lipinski definition) is 1. The van der Waals surface area contributed by atoms with Gasteiger partial charge in [0.2, 0.25) is 5.91 Å². The van der Waals surface area contributed by atoms with E-state index >= 15 is 0 Å². The lowest BCUT2D eigenvalue weighted by Gasteiger charge is -2.33. The van der Waals surface area contributed by atoms with Gasteiger partial charge in [-0.3, -0.25) is 4.79 Å². The lowest BCUT2D eigenvalue weighted by Crippen LogP contribution is -2.46. The minimum atomic E-state index is -0.241. The van der Waals surface area contributed by atoms with Gasteiger partial charge in [-0.2, -0.15) is 0 Å². The fraction of sp³-hybridized carbons (Fsp3) is 0.588. The van der Waals surface area contributed by atoms with Gasteiger partial charge in [0, 0.05) is 12.6 Å². The molecule has 0 saturated heterocycles. The van der Waals surface area contributed by atoms with Crippen molar-refractivity contribution in [3.05, 3.63) is 18.4 Å². The topological polar surface area (TPSA) is 73.0 Å². The summed E-state index contributed by atoms with van der Waals surface area (Å²) < 4.78 is 7.17. The third-order valence-corrected chi connectivity index (χ3v) is 4.38. The summed E-state index contributed by atoms with van der Waals surface area (Å²) in [5.74, 6) is 1.61. The second-order valence-corrected chi connectivity index (χ2v) is 8.74. The number of nitrogens with one attached hydrogen (secondary N) is 1. The third kappa shape index (κ3) is 5.12. The average Bonchev–Trinajstić information content (AvgIpc) is 3.02. The Labute approximate surface area is 147 Å². The van der Waals surface area contributed by atoms with E-state index in [1.54, 1.807) is 6.26 Å². The van der Waals surface area contributed by atoms with Crippen molar-refractivity contribution in [2.45, 2.75) is 51.7 Å². The van der Waals surface area contributed by atoms with E-state index in [4.69, 9.17) is 4.42 Å². The van der Waals surface area contributed by atoms with E-state index in [1.807, 2.05) is 23.7 Å². The van der Waals surface area contributed by atoms with Crippen LogP contribution in [0.15, 0.2) is 28.0 Å². The third-order valence-electron chi connectivity index (χ3n) is 3.36. The Morgan fingerprint density at radius 2 is 2.00 bits per heavy atom. The molecule has 0 aliphatic rings. The summed E-state index contributed by atoms with van der Waals surface area (Å²) in [6, 6.07) is 3.64. The van der Waals surface area contributed by atoms with Crippen LogP contribution < -0.4 is 5.32 Å². The van der Waals surface area contributed by atoms with E-state index in [2.05, 4.69) is 50.1 Å². The molecule has 7 heteroatoms. The molecule has 0 atom stereocenters. The maximum atomic E-state index is 12.3. The molecule has 0 aliphatic heterocycles. The monoisotopic (exact) mass is 350 g/mol. The van der Waals surface area contributed by atoms with Crippen molar-refractivity contribution >= 4 is 17.7 Å². The van der Waals surface area contributed by atoms with Gasteiger partial charge in [0.1, 0.15) is 0 Å². The van der Waals surface area contributed by atoms with Crippen LogP contribution in [0.1, 0.15) is 41.0 Å². The molecular weight excluding hydrogens is 324 g/mol. The van der Waals surface area contributed by atoms with Crippen molar-refractivity contribution in [1.82, 2.24) is 20.1 Å². The largest absolute Gasteiger partial charge is 0.461 e. The van der Waals surface area contributed by atoms with Crippen LogP contribution >= 0.6 is 11.8 Å². The van der Waals surface area contributed by atoms with Crippen LogP contribution in [0.5, 0.6) is 0 Å². The molecule has 0 aromatic carbocycles. The number of hydrogen-bond acceptors (Lipinski definition) is 5. The lowest BCUT2D eigenvalue weighted by atomic mass is 9.82. The standard InChI is InChI=1S/C17H26N4O2S/c1-16(2,3)11-17(4,5)18-13(22)10-24-15-20-19-14(21(15)6)12-8-7-9-23-12/h7-9H,10-11H2,1-6H3,(H,18,22). The van der Waals surface area contributed by atoms with Gasteiger partial charge in [-0.05, 0) is 37.8 Å². The average molecular weight is 350 g/mol. The van der Waals surface area contributed by atoms with Crippen molar-refractivity contribution < 1.29 is 9.21 Å². The molecule has 0 spiro atoms. The molecule has 24 heavy (non-hydrogen) atoms. The summed E-state index contributed by atoms with van der Waals surface area (Å²) in [7, 11) is 1.86. The number of furan rings is 1. The first kappa shape index (κ1) is 18.6. The minimum absolute atomic E-state index is 0.00296. The molecule has 2 heterocycles. The number of nitrogens with zero attached hydrogens (tertiary/aromatic N) is 3. The van der Waals surface area contributed by atoms with Gasteiger partial charge >= 0.3 is 0 Å². The predicted molar refractivity (Wildman–Crippen MR) is 95.7 cm³/mol. The molecule has 0 fully saturated rings. The summed E-state index contributed by atoms with van der Waals surface area (Å²) in [5.41, 5.74) is -0.0828. The van der Waals surface area contributed by atoms with Crippen molar-refractivity contribution in [2.24, 2.45) is 12.5 Å². The molecule has 2 aromatic rings. The summed E-state index contributed by atoms with van der Waals surface area (Å²) in [6.07, 6.45) is 2.50. The Morgan fingerprint density at radius 3 is 2.58 bits per heavy atom. The van der Waals surface area contributed by atoms with E-state index in [9.17, 15) is 4.79 Å². The Bertz CT molecular complexity index is 684. The first-order valence-corrected chi connectivity index (χ1v) is 8.93. The summed E-state index contributed by atoms with van der Waals surface area (Å²) in [6.45, 7) is 10.6. The highest BCUT2D eigenvalue weighted by molar-refractivity contribution is 7.99. The van der Waals surface area contributed by atoms with Crippen LogP contribution in [-0.2, 0) is 11.8 Å². The maximum absolute atomic E-state index is 12.3. The Balaban J connectivity index is 1.93. The zero-order valence-corrected chi connectivity index (χ0v) is 16.0. The van der Waals surface area contributed by atoms with Crippen LogP contribution in [0, 0.1) is 5.41 Å². The smallest absolute Gasteiger partial charge is 0.230 e. The van der Waals surface area contributed by atoms with Crippen molar-refractivity contribution in [1.29, 1.82) is 0 Å². The summed E-state index contributed by atoms with van der Waals surface area (Å²) >= 11 is 1.37. The van der Waals surface area contributed by atoms with Crippen LogP contribution in [0.2, 0.25) is 0 Å². The summed E-state index contributed by atoms with van der Waals surface area (Å²) in [5, 5.41) is 12.0. The lowest BCUT2D eigenvalue weighted by molar-refractivity contribution is -0.120. The highest BCUT2D eigenvalue weighted by Crippen LogP contribution is 2.27. The van der Waals surface area contributed by atoms with Gasteiger partial charge in [-0.1, -0.05) is 32.5 Å². The van der Waals surface area contributed by atoms with E-state index in [0.717, 1.165) is 6.42 Å². The van der Waals surface area contributed by atoms with Crippen molar-refractivity contribution in [3.8, 4) is 11.6 Å². The van der Waals surface area contributed by atoms with Crippen LogP contribution in [0.4, 0.5) is 0 Å². The summed E-state index contributed by atoms with van der Waals surface area (Å²) in [4.78, 5) is 12.3. The van der Waals surface area contributed by atoms with Crippen LogP contribution in [0.25, 0.3) is 11.6 Å². The fourth-order valence-electron chi connectivity index (χ4n) is 2.97. The number of amides is 1. The molecule has 0 bridgehead atoms. The molecule has 0 radical (unpaired) electrons. The molecule has 1 amide bonds. The molecule has 6 nitrogen and oxygen atoms in total. The van der Waals surface area contributed by atoms with Gasteiger partial charge in [0.25, 0.3) is 0 Å². The number of thioether (sulfide) groups is 1. The van der Waals surface area contributed by atoms with E-state index in [0.29, 0.717) is 22.5 Å². The molecule has 0 saturated carbocycles. The molecule has 0 unspecified atom stereocenters. The van der Waals surface area contributed by atoms with E-state index in [1.165, 1.54) is 11.8 Å². The van der Waals surface area contributed by atoms with E-state index in [-0.39, 0.29) is 16.9 Å². The molecule has 1 N–H and O–H groups in total. The quantitative estimate of drug-likeness (QED) is 0.807. The zero-order chi connectivity index (χ0) is 18.0. The first-order chi connectivity index (χ1) is 11.1. The molecular formula is C17H26N4O2S. The van der Waals surface area contributed by atoms with Crippen LogP contribution in [-0.4, -0.2) is 32.0 Å². The van der Waals surface area contributed by atoms with Crippen molar-refractivity contribution in [3.63, 3.8) is 0 Å². The molecule has 2 rings (SSSR count). The minimum Gasteiger partial charge on any atom is -0.461 e. The Morgan fingerprint density at radius 1 is 1.29 bits per heavy atom. The number of carbonyl (C=O) groups is 1. The second kappa shape index (κ2) is 7.01. The molecule has 2 aromatic heterocycles. The molecule has 132 valence electrons. The van der Waals surface area contributed by atoms with Gasteiger partial charge in [0.05, 0.1) is 12.0 Å². The molecule has 0 aliphatic carbocycles. The van der Waals surface area contributed by atoms with Crippen LogP contribution in [0.3, 0.4) is 0 Å². The number of carbonyl (C=O) groups excluding carboxylic acids is 1. The van der Waals surface area contributed by atoms with Crippen molar-refractivity contribution in [2.75, 3.05) is 5.75 Å². The van der Waals surface area contributed by atoms with E-state index < -0.39 is 0 Å². The Hall–Kier alpha value is -1.76. The first-order valence-electron chi connectivity index (χ1n) is 7.94. The van der Waals surface area contributed by atoms with Gasteiger partial charge in [-0.15, -0.1) is 10.2 Å². The fourth-order valence-corrected chi connectivity index (χ4v) is 3.69. The SMILES string of the molecule is Cn1c(SCC(=O)NC(C)(C)CC(C)(C)C)nnc1-c1ccco1. The maximum Gasteiger partial charge on any atom is 0.230 e. The highest BCUT2D eigenvalue weighted by Gasteiger charge is 2.27. The zero-order valence-electron chi connectivity index (χ0n) is 15.2. The van der Waals surface area contributed by atoms with Gasteiger partial charge in [-0.25, -0.2) is 0 Å². The number of rotatable bonds is 6. The van der Waals surface area contributed by atoms with Gasteiger partial charge < -0.3 is 14.3 Å². The second-order valence-electron chi connectivity index (χ2n) is 7.80. The normalized spacial score (nSPS) is 12.4.